The van der Waals surface area contributed by atoms with Crippen molar-refractivity contribution >= 4 is 22.7 Å². The average Bonchev–Trinajstić information content (AvgIpc) is 2.45. The Bertz CT molecular complexity index is 684. The number of piperidine rings is 1. The second-order valence-electron chi connectivity index (χ2n) is 6.10. The summed E-state index contributed by atoms with van der Waals surface area (Å²) in [6, 6.07) is 10.2. The zero-order valence-corrected chi connectivity index (χ0v) is 12.4. The SMILES string of the molecule is Cc1cc2ccccc2nc1N1CC(C)CC(C(=O)O)C1. The molecule has 4 nitrogen and oxygen atoms in total. The third kappa shape index (κ3) is 2.71. The maximum Gasteiger partial charge on any atom is 0.308 e. The Morgan fingerprint density at radius 2 is 2.10 bits per heavy atom. The van der Waals surface area contributed by atoms with E-state index in [0.717, 1.165) is 35.2 Å². The van der Waals surface area contributed by atoms with Crippen molar-refractivity contribution in [1.29, 1.82) is 0 Å². The minimum absolute atomic E-state index is 0.304. The van der Waals surface area contributed by atoms with Crippen molar-refractivity contribution in [2.24, 2.45) is 11.8 Å². The lowest BCUT2D eigenvalue weighted by Gasteiger charge is -2.36. The van der Waals surface area contributed by atoms with Crippen LogP contribution in [0, 0.1) is 18.8 Å². The lowest BCUT2D eigenvalue weighted by Crippen LogP contribution is -2.43. The molecule has 2 heterocycles. The van der Waals surface area contributed by atoms with Crippen molar-refractivity contribution in [2.45, 2.75) is 20.3 Å². The molecule has 2 atom stereocenters. The molecule has 0 radical (unpaired) electrons. The highest BCUT2D eigenvalue weighted by atomic mass is 16.4. The van der Waals surface area contributed by atoms with Crippen LogP contribution in [-0.4, -0.2) is 29.1 Å². The summed E-state index contributed by atoms with van der Waals surface area (Å²) >= 11 is 0. The van der Waals surface area contributed by atoms with E-state index >= 15 is 0 Å². The van der Waals surface area contributed by atoms with Crippen LogP contribution in [-0.2, 0) is 4.79 Å². The summed E-state index contributed by atoms with van der Waals surface area (Å²) in [4.78, 5) is 18.2. The molecular formula is C17H20N2O2. The molecule has 1 N–H and O–H groups in total. The predicted molar refractivity (Wildman–Crippen MR) is 83.6 cm³/mol. The summed E-state index contributed by atoms with van der Waals surface area (Å²) in [6.45, 7) is 5.57. The highest BCUT2D eigenvalue weighted by Crippen LogP contribution is 2.29. The number of aliphatic carboxylic acids is 1. The van der Waals surface area contributed by atoms with Crippen LogP contribution in [0.3, 0.4) is 0 Å². The Labute approximate surface area is 124 Å². The fourth-order valence-corrected chi connectivity index (χ4v) is 3.23. The lowest BCUT2D eigenvalue weighted by atomic mass is 9.90. The Morgan fingerprint density at radius 3 is 2.86 bits per heavy atom. The molecule has 2 aromatic rings. The molecule has 21 heavy (non-hydrogen) atoms. The molecule has 0 bridgehead atoms. The van der Waals surface area contributed by atoms with Gasteiger partial charge in [0.1, 0.15) is 5.82 Å². The van der Waals surface area contributed by atoms with Crippen molar-refractivity contribution in [2.75, 3.05) is 18.0 Å². The lowest BCUT2D eigenvalue weighted by molar-refractivity contribution is -0.142. The highest BCUT2D eigenvalue weighted by Gasteiger charge is 2.30. The smallest absolute Gasteiger partial charge is 0.308 e. The van der Waals surface area contributed by atoms with Gasteiger partial charge in [0.2, 0.25) is 0 Å². The average molecular weight is 284 g/mol. The van der Waals surface area contributed by atoms with Gasteiger partial charge in [0.15, 0.2) is 0 Å². The largest absolute Gasteiger partial charge is 0.481 e. The minimum Gasteiger partial charge on any atom is -0.481 e. The summed E-state index contributed by atoms with van der Waals surface area (Å²) in [5, 5.41) is 10.4. The number of pyridine rings is 1. The van der Waals surface area contributed by atoms with Crippen molar-refractivity contribution < 1.29 is 9.90 Å². The Kier molecular flexibility index (Phi) is 3.53. The maximum absolute atomic E-state index is 11.3. The molecule has 0 aliphatic carbocycles. The second kappa shape index (κ2) is 5.35. The fourth-order valence-electron chi connectivity index (χ4n) is 3.23. The number of carbonyl (C=O) groups is 1. The van der Waals surface area contributed by atoms with Crippen LogP contribution in [0.2, 0.25) is 0 Å². The molecule has 0 spiro atoms. The first-order valence-electron chi connectivity index (χ1n) is 7.38. The summed E-state index contributed by atoms with van der Waals surface area (Å²) in [7, 11) is 0. The highest BCUT2D eigenvalue weighted by molar-refractivity contribution is 5.82. The zero-order chi connectivity index (χ0) is 15.0. The summed E-state index contributed by atoms with van der Waals surface area (Å²) < 4.78 is 0. The summed E-state index contributed by atoms with van der Waals surface area (Å²) in [5.74, 6) is 0.283. The van der Waals surface area contributed by atoms with E-state index in [-0.39, 0.29) is 5.92 Å². The van der Waals surface area contributed by atoms with E-state index in [1.165, 1.54) is 0 Å². The molecule has 0 saturated carbocycles. The van der Waals surface area contributed by atoms with Crippen molar-refractivity contribution in [3.8, 4) is 0 Å². The van der Waals surface area contributed by atoms with Gasteiger partial charge in [-0.3, -0.25) is 4.79 Å². The number of anilines is 1. The zero-order valence-electron chi connectivity index (χ0n) is 12.4. The second-order valence-corrected chi connectivity index (χ2v) is 6.10. The molecule has 1 aromatic carbocycles. The summed E-state index contributed by atoms with van der Waals surface area (Å²) in [6.07, 6.45) is 0.748. The van der Waals surface area contributed by atoms with Crippen LogP contribution in [0.4, 0.5) is 5.82 Å². The van der Waals surface area contributed by atoms with E-state index in [4.69, 9.17) is 4.98 Å². The maximum atomic E-state index is 11.3. The normalized spacial score (nSPS) is 22.5. The number of aromatic nitrogens is 1. The molecule has 1 fully saturated rings. The van der Waals surface area contributed by atoms with Crippen LogP contribution >= 0.6 is 0 Å². The number of aryl methyl sites for hydroxylation is 1. The van der Waals surface area contributed by atoms with Gasteiger partial charge < -0.3 is 10.0 Å². The molecule has 1 saturated heterocycles. The first-order chi connectivity index (χ1) is 10.0. The van der Waals surface area contributed by atoms with Gasteiger partial charge in [-0.15, -0.1) is 0 Å². The summed E-state index contributed by atoms with van der Waals surface area (Å²) in [5.41, 5.74) is 2.06. The van der Waals surface area contributed by atoms with Crippen LogP contribution in [0.25, 0.3) is 10.9 Å². The standard InChI is InChI=1S/C17H20N2O2/c1-11-7-14(17(20)21)10-19(9-11)16-12(2)8-13-5-3-4-6-15(13)18-16/h3-6,8,11,14H,7,9-10H2,1-2H3,(H,20,21). The quantitative estimate of drug-likeness (QED) is 0.920. The van der Waals surface area contributed by atoms with Gasteiger partial charge in [-0.1, -0.05) is 25.1 Å². The van der Waals surface area contributed by atoms with Gasteiger partial charge in [0.25, 0.3) is 0 Å². The molecule has 4 heteroatoms. The molecule has 3 rings (SSSR count). The first kappa shape index (κ1) is 13.9. The molecule has 1 aliphatic rings. The van der Waals surface area contributed by atoms with E-state index < -0.39 is 5.97 Å². The molecule has 1 aromatic heterocycles. The van der Waals surface area contributed by atoms with Gasteiger partial charge in [0, 0.05) is 18.5 Å². The van der Waals surface area contributed by atoms with E-state index in [1.54, 1.807) is 0 Å². The third-order valence-corrected chi connectivity index (χ3v) is 4.20. The van der Waals surface area contributed by atoms with Crippen LogP contribution in [0.5, 0.6) is 0 Å². The number of rotatable bonds is 2. The fraction of sp³-hybridized carbons (Fsp3) is 0.412. The van der Waals surface area contributed by atoms with E-state index in [1.807, 2.05) is 25.1 Å². The Hall–Kier alpha value is -2.10. The number of nitrogens with zero attached hydrogens (tertiary/aromatic N) is 2. The molecular weight excluding hydrogens is 264 g/mol. The van der Waals surface area contributed by atoms with Crippen molar-refractivity contribution in [3.63, 3.8) is 0 Å². The van der Waals surface area contributed by atoms with Gasteiger partial charge in [-0.2, -0.15) is 0 Å². The van der Waals surface area contributed by atoms with E-state index in [2.05, 4.69) is 24.0 Å². The number of hydrogen-bond acceptors (Lipinski definition) is 3. The molecule has 110 valence electrons. The first-order valence-corrected chi connectivity index (χ1v) is 7.38. The predicted octanol–water partition coefficient (Wildman–Crippen LogP) is 3.09. The van der Waals surface area contributed by atoms with Crippen molar-refractivity contribution in [1.82, 2.24) is 4.98 Å². The number of carboxylic acids is 1. The number of fused-ring (bicyclic) bond motifs is 1. The van der Waals surface area contributed by atoms with Gasteiger partial charge >= 0.3 is 5.97 Å². The number of para-hydroxylation sites is 1. The van der Waals surface area contributed by atoms with Crippen molar-refractivity contribution in [3.05, 3.63) is 35.9 Å². The third-order valence-electron chi connectivity index (χ3n) is 4.20. The van der Waals surface area contributed by atoms with Crippen LogP contribution in [0.1, 0.15) is 18.9 Å². The number of hydrogen-bond donors (Lipinski definition) is 1. The van der Waals surface area contributed by atoms with Gasteiger partial charge in [-0.05, 0) is 37.0 Å². The van der Waals surface area contributed by atoms with Gasteiger partial charge in [0.05, 0.1) is 11.4 Å². The van der Waals surface area contributed by atoms with Crippen LogP contribution in [0.15, 0.2) is 30.3 Å². The minimum atomic E-state index is -0.704. The monoisotopic (exact) mass is 284 g/mol. The molecule has 1 aliphatic heterocycles. The van der Waals surface area contributed by atoms with Crippen LogP contribution < -0.4 is 4.90 Å². The number of benzene rings is 1. The molecule has 2 unspecified atom stereocenters. The van der Waals surface area contributed by atoms with Gasteiger partial charge in [-0.25, -0.2) is 4.98 Å². The Balaban J connectivity index is 1.98. The molecule has 0 amide bonds. The van der Waals surface area contributed by atoms with E-state index in [9.17, 15) is 9.90 Å². The van der Waals surface area contributed by atoms with E-state index in [0.29, 0.717) is 12.5 Å². The number of carboxylic acid groups (broad SMARTS) is 1. The topological polar surface area (TPSA) is 53.4 Å². The Morgan fingerprint density at radius 1 is 1.33 bits per heavy atom.